The third-order valence-corrected chi connectivity index (χ3v) is 5.35. The summed E-state index contributed by atoms with van der Waals surface area (Å²) in [6.45, 7) is 4.02. The van der Waals surface area contributed by atoms with Crippen molar-refractivity contribution in [1.82, 2.24) is 19.5 Å². The molecular formula is C21H23F3N4O. The molecule has 0 N–H and O–H groups in total. The van der Waals surface area contributed by atoms with Crippen molar-refractivity contribution in [2.24, 2.45) is 0 Å². The lowest BCUT2D eigenvalue weighted by Gasteiger charge is -2.32. The highest BCUT2D eigenvalue weighted by Gasteiger charge is 2.36. The summed E-state index contributed by atoms with van der Waals surface area (Å²) in [6, 6.07) is 10.6. The molecule has 0 radical (unpaired) electrons. The average molecular weight is 404 g/mol. The van der Waals surface area contributed by atoms with Crippen molar-refractivity contribution in [2.45, 2.75) is 38.4 Å². The van der Waals surface area contributed by atoms with Gasteiger partial charge in [0.15, 0.2) is 5.65 Å². The van der Waals surface area contributed by atoms with E-state index >= 15 is 0 Å². The van der Waals surface area contributed by atoms with E-state index in [-0.39, 0.29) is 11.6 Å². The summed E-state index contributed by atoms with van der Waals surface area (Å²) in [5, 5.41) is 3.96. The highest BCUT2D eigenvalue weighted by molar-refractivity contribution is 5.43. The Hall–Kier alpha value is -2.61. The molecule has 5 nitrogen and oxygen atoms in total. The second-order valence-corrected chi connectivity index (χ2v) is 7.54. The van der Waals surface area contributed by atoms with Crippen LogP contribution < -0.4 is 4.74 Å². The van der Waals surface area contributed by atoms with Gasteiger partial charge in [0, 0.05) is 30.8 Å². The zero-order chi connectivity index (χ0) is 20.6. The normalized spacial score (nSPS) is 18.3. The van der Waals surface area contributed by atoms with Crippen LogP contribution in [-0.2, 0) is 12.7 Å². The predicted octanol–water partition coefficient (Wildman–Crippen LogP) is 4.44. The summed E-state index contributed by atoms with van der Waals surface area (Å²) in [6.07, 6.45) is -2.73. The van der Waals surface area contributed by atoms with Crippen LogP contribution in [0, 0.1) is 6.92 Å². The fourth-order valence-electron chi connectivity index (χ4n) is 3.95. The molecule has 3 heterocycles. The molecule has 1 aliphatic heterocycles. The van der Waals surface area contributed by atoms with Crippen molar-refractivity contribution in [2.75, 3.05) is 20.2 Å². The fourth-order valence-corrected chi connectivity index (χ4v) is 3.95. The molecule has 1 aromatic carbocycles. The van der Waals surface area contributed by atoms with E-state index in [4.69, 9.17) is 4.74 Å². The maximum atomic E-state index is 13.6. The number of halogens is 3. The molecule has 0 saturated carbocycles. The SMILES string of the molecule is COc1ccc(CN2CCCC(c3cc(C(F)(F)F)n4nc(C)cc4n3)C2)cc1. The minimum Gasteiger partial charge on any atom is -0.497 e. The smallest absolute Gasteiger partial charge is 0.433 e. The van der Waals surface area contributed by atoms with Crippen molar-refractivity contribution < 1.29 is 17.9 Å². The summed E-state index contributed by atoms with van der Waals surface area (Å²) in [5.74, 6) is 0.766. The zero-order valence-corrected chi connectivity index (χ0v) is 16.4. The number of hydrogen-bond donors (Lipinski definition) is 0. The molecule has 0 aliphatic carbocycles. The first kappa shape index (κ1) is 19.7. The Labute approximate surface area is 167 Å². The number of likely N-dealkylation sites (tertiary alicyclic amines) is 1. The van der Waals surface area contributed by atoms with Gasteiger partial charge in [-0.25, -0.2) is 9.50 Å². The summed E-state index contributed by atoms with van der Waals surface area (Å²) in [5.41, 5.74) is 1.64. The molecule has 29 heavy (non-hydrogen) atoms. The van der Waals surface area contributed by atoms with Crippen LogP contribution in [0.25, 0.3) is 5.65 Å². The van der Waals surface area contributed by atoms with Crippen LogP contribution in [0.5, 0.6) is 5.75 Å². The molecule has 0 amide bonds. The van der Waals surface area contributed by atoms with Crippen LogP contribution in [0.1, 0.15) is 41.4 Å². The number of alkyl halides is 3. The van der Waals surface area contributed by atoms with Gasteiger partial charge in [0.2, 0.25) is 0 Å². The van der Waals surface area contributed by atoms with Crippen LogP contribution in [0.4, 0.5) is 13.2 Å². The number of aromatic nitrogens is 3. The number of rotatable bonds is 4. The molecule has 1 atom stereocenters. The number of benzene rings is 1. The van der Waals surface area contributed by atoms with Crippen LogP contribution >= 0.6 is 0 Å². The van der Waals surface area contributed by atoms with E-state index in [9.17, 15) is 13.2 Å². The maximum absolute atomic E-state index is 13.6. The van der Waals surface area contributed by atoms with E-state index < -0.39 is 11.9 Å². The maximum Gasteiger partial charge on any atom is 0.433 e. The lowest BCUT2D eigenvalue weighted by atomic mass is 9.93. The number of hydrogen-bond acceptors (Lipinski definition) is 4. The minimum absolute atomic E-state index is 0.0386. The Morgan fingerprint density at radius 2 is 1.93 bits per heavy atom. The summed E-state index contributed by atoms with van der Waals surface area (Å²) < 4.78 is 46.9. The first-order chi connectivity index (χ1) is 13.8. The van der Waals surface area contributed by atoms with E-state index in [0.717, 1.165) is 41.8 Å². The summed E-state index contributed by atoms with van der Waals surface area (Å²) in [4.78, 5) is 6.79. The lowest BCUT2D eigenvalue weighted by molar-refractivity contribution is -0.142. The van der Waals surface area contributed by atoms with Gasteiger partial charge in [-0.3, -0.25) is 4.90 Å². The highest BCUT2D eigenvalue weighted by atomic mass is 19.4. The van der Waals surface area contributed by atoms with Gasteiger partial charge in [-0.05, 0) is 50.1 Å². The number of aryl methyl sites for hydroxylation is 1. The lowest BCUT2D eigenvalue weighted by Crippen LogP contribution is -2.34. The molecule has 0 bridgehead atoms. The van der Waals surface area contributed by atoms with Gasteiger partial charge in [0.1, 0.15) is 11.4 Å². The van der Waals surface area contributed by atoms with Crippen LogP contribution in [-0.4, -0.2) is 39.7 Å². The Morgan fingerprint density at radius 3 is 2.62 bits per heavy atom. The number of nitrogens with zero attached hydrogens (tertiary/aromatic N) is 4. The van der Waals surface area contributed by atoms with Crippen LogP contribution in [0.15, 0.2) is 36.4 Å². The molecular weight excluding hydrogens is 381 g/mol. The van der Waals surface area contributed by atoms with Crippen molar-refractivity contribution in [3.63, 3.8) is 0 Å². The second-order valence-electron chi connectivity index (χ2n) is 7.54. The summed E-state index contributed by atoms with van der Waals surface area (Å²) >= 11 is 0. The van der Waals surface area contributed by atoms with Crippen molar-refractivity contribution in [1.29, 1.82) is 0 Å². The molecule has 1 aliphatic rings. The largest absolute Gasteiger partial charge is 0.497 e. The monoisotopic (exact) mass is 404 g/mol. The molecule has 0 spiro atoms. The van der Waals surface area contributed by atoms with Crippen molar-refractivity contribution >= 4 is 5.65 Å². The van der Waals surface area contributed by atoms with E-state index in [0.29, 0.717) is 17.9 Å². The average Bonchev–Trinajstić information content (AvgIpc) is 3.07. The summed E-state index contributed by atoms with van der Waals surface area (Å²) in [7, 11) is 1.63. The molecule has 1 saturated heterocycles. The number of fused-ring (bicyclic) bond motifs is 1. The minimum atomic E-state index is -4.48. The Kier molecular flexibility index (Phi) is 5.21. The third-order valence-electron chi connectivity index (χ3n) is 5.35. The van der Waals surface area contributed by atoms with Gasteiger partial charge in [0.05, 0.1) is 12.8 Å². The Balaban J connectivity index is 1.58. The topological polar surface area (TPSA) is 42.7 Å². The molecule has 4 rings (SSSR count). The second kappa shape index (κ2) is 7.67. The van der Waals surface area contributed by atoms with Gasteiger partial charge in [0.25, 0.3) is 0 Å². The predicted molar refractivity (Wildman–Crippen MR) is 103 cm³/mol. The molecule has 154 valence electrons. The van der Waals surface area contributed by atoms with Gasteiger partial charge in [-0.15, -0.1) is 0 Å². The third kappa shape index (κ3) is 4.22. The van der Waals surface area contributed by atoms with Gasteiger partial charge >= 0.3 is 6.18 Å². The quantitative estimate of drug-likeness (QED) is 0.645. The van der Waals surface area contributed by atoms with Gasteiger partial charge in [-0.1, -0.05) is 12.1 Å². The standard InChI is InChI=1S/C21H23F3N4O/c1-14-10-20-25-18(11-19(21(22,23)24)28(20)26-14)16-4-3-9-27(13-16)12-15-5-7-17(29-2)8-6-15/h5-8,10-11,16H,3-4,9,12-13H2,1-2H3. The number of methoxy groups -OCH3 is 1. The van der Waals surface area contributed by atoms with E-state index in [1.807, 2.05) is 24.3 Å². The Morgan fingerprint density at radius 1 is 1.17 bits per heavy atom. The van der Waals surface area contributed by atoms with Gasteiger partial charge in [-0.2, -0.15) is 18.3 Å². The van der Waals surface area contributed by atoms with E-state index in [1.165, 1.54) is 6.07 Å². The molecule has 1 unspecified atom stereocenters. The first-order valence-corrected chi connectivity index (χ1v) is 9.63. The first-order valence-electron chi connectivity index (χ1n) is 9.63. The van der Waals surface area contributed by atoms with Crippen molar-refractivity contribution in [3.05, 3.63) is 59.0 Å². The van der Waals surface area contributed by atoms with Crippen LogP contribution in [0.2, 0.25) is 0 Å². The number of ether oxygens (including phenoxy) is 1. The van der Waals surface area contributed by atoms with Crippen LogP contribution in [0.3, 0.4) is 0 Å². The number of piperidine rings is 1. The fraction of sp³-hybridized carbons (Fsp3) is 0.429. The van der Waals surface area contributed by atoms with E-state index in [1.54, 1.807) is 20.1 Å². The van der Waals surface area contributed by atoms with E-state index in [2.05, 4.69) is 15.0 Å². The molecule has 3 aromatic rings. The molecule has 2 aromatic heterocycles. The van der Waals surface area contributed by atoms with Crippen molar-refractivity contribution in [3.8, 4) is 5.75 Å². The highest BCUT2D eigenvalue weighted by Crippen LogP contribution is 2.34. The zero-order valence-electron chi connectivity index (χ0n) is 16.4. The van der Waals surface area contributed by atoms with Gasteiger partial charge < -0.3 is 4.74 Å². The molecule has 8 heteroatoms. The molecule has 1 fully saturated rings. The Bertz CT molecular complexity index is 998.